The summed E-state index contributed by atoms with van der Waals surface area (Å²) in [5, 5.41) is 0. The highest BCUT2D eigenvalue weighted by atomic mass is 19.4. The molecule has 1 atom stereocenters. The lowest BCUT2D eigenvalue weighted by Crippen LogP contribution is -2.21. The summed E-state index contributed by atoms with van der Waals surface area (Å²) in [6.45, 7) is 5.51. The number of halogens is 3. The van der Waals surface area contributed by atoms with Gasteiger partial charge in [-0.2, -0.15) is 13.2 Å². The number of hydrogen-bond donors (Lipinski definition) is 1. The Kier molecular flexibility index (Phi) is 3.63. The zero-order valence-corrected chi connectivity index (χ0v) is 9.65. The van der Waals surface area contributed by atoms with Crippen LogP contribution >= 0.6 is 0 Å². The minimum absolute atomic E-state index is 0.614. The lowest BCUT2D eigenvalue weighted by Gasteiger charge is -2.19. The Morgan fingerprint density at radius 3 is 1.94 bits per heavy atom. The first-order chi connectivity index (χ1) is 7.20. The van der Waals surface area contributed by atoms with Crippen LogP contribution in [-0.2, 0) is 0 Å². The predicted molar refractivity (Wildman–Crippen MR) is 58.3 cm³/mol. The van der Waals surface area contributed by atoms with E-state index in [1.54, 1.807) is 13.8 Å². The molecule has 0 saturated carbocycles. The van der Waals surface area contributed by atoms with Crippen LogP contribution in [0.25, 0.3) is 0 Å². The van der Waals surface area contributed by atoms with Gasteiger partial charge in [0.05, 0.1) is 6.42 Å². The van der Waals surface area contributed by atoms with Gasteiger partial charge in [-0.15, -0.1) is 0 Å². The highest BCUT2D eigenvalue weighted by Gasteiger charge is 2.31. The van der Waals surface area contributed by atoms with Gasteiger partial charge in [-0.3, -0.25) is 0 Å². The van der Waals surface area contributed by atoms with Crippen molar-refractivity contribution in [1.82, 2.24) is 0 Å². The molecule has 0 aliphatic heterocycles. The standard InChI is InChI=1S/C12H16F3N/c1-7-4-8(2)11(9(3)5-7)10(16)6-12(13,14)15/h4-5,10H,6,16H2,1-3H3/t10-/m0/s1. The van der Waals surface area contributed by atoms with Gasteiger partial charge in [0, 0.05) is 6.04 Å². The van der Waals surface area contributed by atoms with Gasteiger partial charge in [-0.25, -0.2) is 0 Å². The Morgan fingerprint density at radius 2 is 1.56 bits per heavy atom. The maximum Gasteiger partial charge on any atom is 0.390 e. The zero-order valence-electron chi connectivity index (χ0n) is 9.65. The summed E-state index contributed by atoms with van der Waals surface area (Å²) in [5.74, 6) is 0. The summed E-state index contributed by atoms with van der Waals surface area (Å²) in [4.78, 5) is 0. The molecule has 2 N–H and O–H groups in total. The van der Waals surface area contributed by atoms with Crippen molar-refractivity contribution in [2.75, 3.05) is 0 Å². The molecule has 0 radical (unpaired) electrons. The Hall–Kier alpha value is -1.03. The zero-order chi connectivity index (χ0) is 12.5. The van der Waals surface area contributed by atoms with E-state index in [-0.39, 0.29) is 0 Å². The van der Waals surface area contributed by atoms with Gasteiger partial charge in [0.2, 0.25) is 0 Å². The predicted octanol–water partition coefficient (Wildman–Crippen LogP) is 3.56. The van der Waals surface area contributed by atoms with Crippen LogP contribution in [0.15, 0.2) is 12.1 Å². The summed E-state index contributed by atoms with van der Waals surface area (Å²) in [7, 11) is 0. The first kappa shape index (κ1) is 13.0. The lowest BCUT2D eigenvalue weighted by molar-refractivity contribution is -0.138. The molecule has 0 spiro atoms. The molecule has 0 unspecified atom stereocenters. The fourth-order valence-electron chi connectivity index (χ4n) is 2.13. The summed E-state index contributed by atoms with van der Waals surface area (Å²) in [5.41, 5.74) is 8.92. The molecule has 0 saturated heterocycles. The number of nitrogens with two attached hydrogens (primary N) is 1. The van der Waals surface area contributed by atoms with Crippen molar-refractivity contribution >= 4 is 0 Å². The largest absolute Gasteiger partial charge is 0.390 e. The summed E-state index contributed by atoms with van der Waals surface area (Å²) < 4.78 is 36.8. The van der Waals surface area contributed by atoms with Crippen molar-refractivity contribution in [3.8, 4) is 0 Å². The Bertz CT molecular complexity index is 359. The number of alkyl halides is 3. The lowest BCUT2D eigenvalue weighted by atomic mass is 9.93. The molecule has 1 aromatic carbocycles. The minimum atomic E-state index is -4.22. The fraction of sp³-hybridized carbons (Fsp3) is 0.500. The molecular weight excluding hydrogens is 215 g/mol. The molecule has 0 aliphatic carbocycles. The molecule has 0 heterocycles. The summed E-state index contributed by atoms with van der Waals surface area (Å²) in [6.07, 6.45) is -5.19. The van der Waals surface area contributed by atoms with Crippen LogP contribution in [0.3, 0.4) is 0 Å². The molecule has 0 fully saturated rings. The summed E-state index contributed by atoms with van der Waals surface area (Å²) >= 11 is 0. The van der Waals surface area contributed by atoms with Crippen molar-refractivity contribution in [1.29, 1.82) is 0 Å². The Labute approximate surface area is 93.5 Å². The average molecular weight is 231 g/mol. The SMILES string of the molecule is Cc1cc(C)c([C@@H](N)CC(F)(F)F)c(C)c1. The average Bonchev–Trinajstić information content (AvgIpc) is 1.96. The summed E-state index contributed by atoms with van der Waals surface area (Å²) in [6, 6.07) is 2.75. The van der Waals surface area contributed by atoms with Gasteiger partial charge < -0.3 is 5.73 Å². The van der Waals surface area contributed by atoms with E-state index in [1.165, 1.54) is 0 Å². The minimum Gasteiger partial charge on any atom is -0.324 e. The number of hydrogen-bond acceptors (Lipinski definition) is 1. The van der Waals surface area contributed by atoms with Crippen LogP contribution in [0.4, 0.5) is 13.2 Å². The monoisotopic (exact) mass is 231 g/mol. The second kappa shape index (κ2) is 4.45. The van der Waals surface area contributed by atoms with Crippen LogP contribution in [0.1, 0.15) is 34.7 Å². The normalized spacial score (nSPS) is 13.9. The van der Waals surface area contributed by atoms with Crippen molar-refractivity contribution in [3.05, 3.63) is 34.4 Å². The number of benzene rings is 1. The number of rotatable bonds is 2. The third-order valence-corrected chi connectivity index (χ3v) is 2.56. The molecule has 0 aliphatic rings. The van der Waals surface area contributed by atoms with Crippen LogP contribution in [-0.4, -0.2) is 6.18 Å². The van der Waals surface area contributed by atoms with E-state index in [2.05, 4.69) is 0 Å². The maximum atomic E-state index is 12.3. The molecule has 1 aromatic rings. The van der Waals surface area contributed by atoms with Crippen LogP contribution in [0, 0.1) is 20.8 Å². The van der Waals surface area contributed by atoms with Gasteiger partial charge in [-0.05, 0) is 37.5 Å². The molecule has 0 amide bonds. The van der Waals surface area contributed by atoms with E-state index in [4.69, 9.17) is 5.73 Å². The maximum absolute atomic E-state index is 12.3. The first-order valence-electron chi connectivity index (χ1n) is 5.11. The third kappa shape index (κ3) is 3.23. The second-order valence-electron chi connectivity index (χ2n) is 4.24. The molecule has 1 nitrogen and oxygen atoms in total. The molecule has 4 heteroatoms. The van der Waals surface area contributed by atoms with Crippen molar-refractivity contribution in [3.63, 3.8) is 0 Å². The molecule has 1 rings (SSSR count). The van der Waals surface area contributed by atoms with Crippen molar-refractivity contribution < 1.29 is 13.2 Å². The smallest absolute Gasteiger partial charge is 0.324 e. The third-order valence-electron chi connectivity index (χ3n) is 2.56. The van der Waals surface area contributed by atoms with Crippen molar-refractivity contribution in [2.24, 2.45) is 5.73 Å². The van der Waals surface area contributed by atoms with Gasteiger partial charge in [0.1, 0.15) is 0 Å². The van der Waals surface area contributed by atoms with E-state index in [1.807, 2.05) is 19.1 Å². The van der Waals surface area contributed by atoms with E-state index < -0.39 is 18.6 Å². The number of aryl methyl sites for hydroxylation is 3. The van der Waals surface area contributed by atoms with Crippen LogP contribution in [0.5, 0.6) is 0 Å². The van der Waals surface area contributed by atoms with Gasteiger partial charge >= 0.3 is 6.18 Å². The van der Waals surface area contributed by atoms with Crippen LogP contribution in [0.2, 0.25) is 0 Å². The first-order valence-corrected chi connectivity index (χ1v) is 5.11. The van der Waals surface area contributed by atoms with E-state index in [9.17, 15) is 13.2 Å². The molecule has 0 bridgehead atoms. The highest BCUT2D eigenvalue weighted by Crippen LogP contribution is 2.31. The molecule has 90 valence electrons. The Balaban J connectivity index is 3.04. The van der Waals surface area contributed by atoms with E-state index in [0.717, 1.165) is 16.7 Å². The highest BCUT2D eigenvalue weighted by molar-refractivity contribution is 5.39. The van der Waals surface area contributed by atoms with Crippen molar-refractivity contribution in [2.45, 2.75) is 39.4 Å². The van der Waals surface area contributed by atoms with E-state index in [0.29, 0.717) is 5.56 Å². The second-order valence-corrected chi connectivity index (χ2v) is 4.24. The topological polar surface area (TPSA) is 26.0 Å². The fourth-order valence-corrected chi connectivity index (χ4v) is 2.13. The quantitative estimate of drug-likeness (QED) is 0.827. The van der Waals surface area contributed by atoms with Gasteiger partial charge in [0.25, 0.3) is 0 Å². The van der Waals surface area contributed by atoms with Gasteiger partial charge in [-0.1, -0.05) is 17.7 Å². The molecule has 16 heavy (non-hydrogen) atoms. The van der Waals surface area contributed by atoms with Crippen LogP contribution < -0.4 is 5.73 Å². The molecular formula is C12H16F3N. The van der Waals surface area contributed by atoms with Gasteiger partial charge in [0.15, 0.2) is 0 Å². The molecule has 0 aromatic heterocycles. The van der Waals surface area contributed by atoms with E-state index >= 15 is 0 Å². The Morgan fingerprint density at radius 1 is 1.12 bits per heavy atom.